The second-order valence-electron chi connectivity index (χ2n) is 7.13. The first-order chi connectivity index (χ1) is 14.0. The summed E-state index contributed by atoms with van der Waals surface area (Å²) in [5.74, 6) is 1.65. The zero-order valence-electron chi connectivity index (χ0n) is 16.7. The molecule has 0 spiro atoms. The lowest BCUT2D eigenvalue weighted by Crippen LogP contribution is -2.26. The summed E-state index contributed by atoms with van der Waals surface area (Å²) in [5.41, 5.74) is 2.83. The van der Waals surface area contributed by atoms with E-state index in [-0.39, 0.29) is 11.8 Å². The molecule has 1 amide bonds. The van der Waals surface area contributed by atoms with Crippen LogP contribution in [0.15, 0.2) is 29.8 Å². The molecule has 1 saturated heterocycles. The van der Waals surface area contributed by atoms with Gasteiger partial charge in [-0.2, -0.15) is 5.10 Å². The molecule has 8 nitrogen and oxygen atoms in total. The molecule has 1 unspecified atom stereocenters. The molecule has 0 saturated carbocycles. The molecule has 9 heteroatoms. The quantitative estimate of drug-likeness (QED) is 0.652. The molecule has 0 bridgehead atoms. The van der Waals surface area contributed by atoms with E-state index in [2.05, 4.69) is 25.4 Å². The third-order valence-corrected chi connectivity index (χ3v) is 5.76. The summed E-state index contributed by atoms with van der Waals surface area (Å²) < 4.78 is 1.73. The molecule has 1 aliphatic rings. The van der Waals surface area contributed by atoms with E-state index in [0.29, 0.717) is 12.4 Å². The van der Waals surface area contributed by atoms with Gasteiger partial charge in [-0.3, -0.25) is 9.48 Å². The normalized spacial score (nSPS) is 16.7. The molecule has 1 N–H and O–H groups in total. The molecule has 1 aliphatic heterocycles. The Labute approximate surface area is 173 Å². The average molecular weight is 410 g/mol. The molecule has 150 valence electrons. The number of hydrogen-bond acceptors (Lipinski definition) is 7. The lowest BCUT2D eigenvalue weighted by atomic mass is 10.0. The molecule has 0 aromatic carbocycles. The van der Waals surface area contributed by atoms with Crippen molar-refractivity contribution in [2.45, 2.75) is 26.2 Å². The summed E-state index contributed by atoms with van der Waals surface area (Å²) >= 11 is 1.55. The van der Waals surface area contributed by atoms with Crippen LogP contribution in [0.1, 0.15) is 35.2 Å². The minimum absolute atomic E-state index is 0.0103. The van der Waals surface area contributed by atoms with Crippen LogP contribution < -0.4 is 5.32 Å². The van der Waals surface area contributed by atoms with Gasteiger partial charge in [-0.05, 0) is 32.4 Å². The van der Waals surface area contributed by atoms with E-state index in [0.717, 1.165) is 41.0 Å². The van der Waals surface area contributed by atoms with Gasteiger partial charge in [0.15, 0.2) is 5.13 Å². The Balaban J connectivity index is 1.43. The molecular formula is C20H23N7OS. The summed E-state index contributed by atoms with van der Waals surface area (Å²) in [7, 11) is 1.85. The van der Waals surface area contributed by atoms with Gasteiger partial charge in [0.25, 0.3) is 0 Å². The summed E-state index contributed by atoms with van der Waals surface area (Å²) in [6.45, 7) is 5.22. The predicted molar refractivity (Wildman–Crippen MR) is 113 cm³/mol. The van der Waals surface area contributed by atoms with Gasteiger partial charge in [0, 0.05) is 49.8 Å². The highest BCUT2D eigenvalue weighted by Gasteiger charge is 2.27. The van der Waals surface area contributed by atoms with E-state index in [1.54, 1.807) is 34.4 Å². The summed E-state index contributed by atoms with van der Waals surface area (Å²) in [4.78, 5) is 28.0. The van der Waals surface area contributed by atoms with Crippen LogP contribution in [0, 0.1) is 13.8 Å². The summed E-state index contributed by atoms with van der Waals surface area (Å²) in [6, 6.07) is 3.84. The average Bonchev–Trinajstić information content (AvgIpc) is 3.41. The maximum absolute atomic E-state index is 12.6. The third kappa shape index (κ3) is 4.51. The molecule has 1 fully saturated rings. The van der Waals surface area contributed by atoms with Gasteiger partial charge < -0.3 is 10.2 Å². The third-order valence-electron chi connectivity index (χ3n) is 4.89. The Hall–Kier alpha value is -3.07. The fraction of sp³-hybridized carbons (Fsp3) is 0.350. The van der Waals surface area contributed by atoms with Crippen molar-refractivity contribution in [1.82, 2.24) is 29.6 Å². The number of rotatable bonds is 5. The number of likely N-dealkylation sites (tertiary alicyclic amines) is 1. The highest BCUT2D eigenvalue weighted by Crippen LogP contribution is 2.28. The second-order valence-corrected chi connectivity index (χ2v) is 7.99. The minimum Gasteiger partial charge on any atom is -0.338 e. The van der Waals surface area contributed by atoms with Crippen LogP contribution in [0.25, 0.3) is 6.08 Å². The fourth-order valence-corrected chi connectivity index (χ4v) is 4.09. The molecule has 4 rings (SSSR count). The van der Waals surface area contributed by atoms with E-state index >= 15 is 0 Å². The van der Waals surface area contributed by atoms with Crippen molar-refractivity contribution in [3.05, 3.63) is 52.7 Å². The lowest BCUT2D eigenvalue weighted by molar-refractivity contribution is -0.124. The Bertz CT molecular complexity index is 1050. The first-order valence-corrected chi connectivity index (χ1v) is 10.4. The summed E-state index contributed by atoms with van der Waals surface area (Å²) in [6.07, 6.45) is 6.02. The minimum atomic E-state index is 0.0103. The molecule has 3 aromatic heterocycles. The standard InChI is InChI=1S/C20H23N7OS/c1-13-12-29-20(22-13)25-18-10-17(23-14(2)24-18)15-7-9-27(11-15)19(28)5-4-16-6-8-21-26(16)3/h4-6,8,10,12,15H,7,9,11H2,1-3H3,(H,22,23,24,25)/b5-4+. The van der Waals surface area contributed by atoms with Crippen molar-refractivity contribution < 1.29 is 4.79 Å². The first-order valence-electron chi connectivity index (χ1n) is 9.47. The van der Waals surface area contributed by atoms with E-state index in [1.165, 1.54) is 0 Å². The monoisotopic (exact) mass is 409 g/mol. The predicted octanol–water partition coefficient (Wildman–Crippen LogP) is 3.06. The zero-order chi connectivity index (χ0) is 20.4. The van der Waals surface area contributed by atoms with Gasteiger partial charge in [0.1, 0.15) is 11.6 Å². The molecule has 0 aliphatic carbocycles. The summed E-state index contributed by atoms with van der Waals surface area (Å²) in [5, 5.41) is 10.2. The number of hydrogen-bond donors (Lipinski definition) is 1. The first kappa shape index (κ1) is 19.3. The van der Waals surface area contributed by atoms with Crippen molar-refractivity contribution in [3.63, 3.8) is 0 Å². The van der Waals surface area contributed by atoms with E-state index < -0.39 is 0 Å². The number of nitrogens with zero attached hydrogens (tertiary/aromatic N) is 6. The maximum atomic E-state index is 12.6. The Morgan fingerprint density at radius 1 is 1.31 bits per heavy atom. The number of nitrogens with one attached hydrogen (secondary N) is 1. The SMILES string of the molecule is Cc1csc(Nc2cc(C3CCN(C(=O)/C=C/c4ccnn4C)C3)nc(C)n2)n1. The topological polar surface area (TPSA) is 88.8 Å². The number of carbonyl (C=O) groups is 1. The molecule has 3 aromatic rings. The number of aromatic nitrogens is 5. The zero-order valence-corrected chi connectivity index (χ0v) is 17.5. The highest BCUT2D eigenvalue weighted by atomic mass is 32.1. The molecule has 4 heterocycles. The largest absolute Gasteiger partial charge is 0.338 e. The number of anilines is 2. The van der Waals surface area contributed by atoms with Gasteiger partial charge in [-0.1, -0.05) is 0 Å². The number of amides is 1. The van der Waals surface area contributed by atoms with Crippen molar-refractivity contribution in [3.8, 4) is 0 Å². The number of thiazole rings is 1. The second kappa shape index (κ2) is 8.12. The van der Waals surface area contributed by atoms with Crippen molar-refractivity contribution in [2.75, 3.05) is 18.4 Å². The molecule has 29 heavy (non-hydrogen) atoms. The number of carbonyl (C=O) groups excluding carboxylic acids is 1. The van der Waals surface area contributed by atoms with Crippen LogP contribution in [0.5, 0.6) is 0 Å². The Morgan fingerprint density at radius 2 is 2.17 bits per heavy atom. The number of aryl methyl sites for hydroxylation is 3. The Morgan fingerprint density at radius 3 is 2.90 bits per heavy atom. The van der Waals surface area contributed by atoms with Crippen molar-refractivity contribution >= 4 is 34.3 Å². The maximum Gasteiger partial charge on any atom is 0.246 e. The molecular weight excluding hydrogens is 386 g/mol. The highest BCUT2D eigenvalue weighted by molar-refractivity contribution is 7.13. The van der Waals surface area contributed by atoms with E-state index in [4.69, 9.17) is 0 Å². The van der Waals surface area contributed by atoms with Gasteiger partial charge >= 0.3 is 0 Å². The van der Waals surface area contributed by atoms with Crippen LogP contribution in [0.2, 0.25) is 0 Å². The van der Waals surface area contributed by atoms with Gasteiger partial charge in [-0.15, -0.1) is 11.3 Å². The van der Waals surface area contributed by atoms with Gasteiger partial charge in [0.2, 0.25) is 5.91 Å². The van der Waals surface area contributed by atoms with Crippen LogP contribution in [0.3, 0.4) is 0 Å². The van der Waals surface area contributed by atoms with E-state index in [1.807, 2.05) is 43.3 Å². The van der Waals surface area contributed by atoms with Gasteiger partial charge in [0.05, 0.1) is 17.1 Å². The van der Waals surface area contributed by atoms with Crippen LogP contribution in [0.4, 0.5) is 10.9 Å². The van der Waals surface area contributed by atoms with Crippen LogP contribution in [-0.2, 0) is 11.8 Å². The molecule has 1 atom stereocenters. The van der Waals surface area contributed by atoms with Crippen molar-refractivity contribution in [1.29, 1.82) is 0 Å². The lowest BCUT2D eigenvalue weighted by Gasteiger charge is -2.15. The Kier molecular flexibility index (Phi) is 5.39. The van der Waals surface area contributed by atoms with Crippen molar-refractivity contribution in [2.24, 2.45) is 7.05 Å². The molecule has 0 radical (unpaired) electrons. The van der Waals surface area contributed by atoms with Crippen LogP contribution in [-0.4, -0.2) is 48.6 Å². The van der Waals surface area contributed by atoms with Crippen LogP contribution >= 0.6 is 11.3 Å². The van der Waals surface area contributed by atoms with Gasteiger partial charge in [-0.25, -0.2) is 15.0 Å². The van der Waals surface area contributed by atoms with E-state index in [9.17, 15) is 4.79 Å². The smallest absolute Gasteiger partial charge is 0.246 e. The fourth-order valence-electron chi connectivity index (χ4n) is 3.40.